The van der Waals surface area contributed by atoms with E-state index in [9.17, 15) is 19.8 Å². The number of aliphatic hydroxyl groups is 1. The van der Waals surface area contributed by atoms with E-state index in [2.05, 4.69) is 10.3 Å². The predicted molar refractivity (Wildman–Crippen MR) is 127 cm³/mol. The highest BCUT2D eigenvalue weighted by Crippen LogP contribution is 2.29. The van der Waals surface area contributed by atoms with E-state index in [1.165, 1.54) is 11.8 Å². The molecule has 3 aromatic rings. The molecule has 0 bridgehead atoms. The first kappa shape index (κ1) is 23.5. The number of aromatic nitrogens is 1. The number of carbonyl (C=O) groups excluding carboxylic acids is 1. The van der Waals surface area contributed by atoms with Crippen LogP contribution in [0.4, 0.5) is 0 Å². The van der Waals surface area contributed by atoms with Gasteiger partial charge in [-0.05, 0) is 58.9 Å². The van der Waals surface area contributed by atoms with E-state index < -0.39 is 24.0 Å². The van der Waals surface area contributed by atoms with Gasteiger partial charge in [-0.1, -0.05) is 42.5 Å². The molecule has 7 heteroatoms. The van der Waals surface area contributed by atoms with E-state index in [-0.39, 0.29) is 0 Å². The number of carboxylic acids is 1. The first-order valence-electron chi connectivity index (χ1n) is 10.3. The van der Waals surface area contributed by atoms with Crippen LogP contribution in [-0.2, 0) is 11.2 Å². The third kappa shape index (κ3) is 6.18. The number of hydrogen-bond donors (Lipinski definition) is 3. The minimum atomic E-state index is -1.06. The molecule has 0 aliphatic rings. The molecule has 2 unspecified atom stereocenters. The minimum Gasteiger partial charge on any atom is -0.480 e. The molecule has 2 aromatic carbocycles. The van der Waals surface area contributed by atoms with E-state index in [0.717, 1.165) is 11.1 Å². The number of aliphatic carboxylic acids is 1. The number of benzene rings is 2. The topological polar surface area (TPSA) is 99.5 Å². The van der Waals surface area contributed by atoms with Crippen LogP contribution in [0.5, 0.6) is 0 Å². The van der Waals surface area contributed by atoms with Crippen molar-refractivity contribution in [2.24, 2.45) is 0 Å². The summed E-state index contributed by atoms with van der Waals surface area (Å²) >= 11 is 1.53. The number of hydrogen-bond acceptors (Lipinski definition) is 5. The van der Waals surface area contributed by atoms with Crippen LogP contribution in [0.2, 0.25) is 0 Å². The van der Waals surface area contributed by atoms with Crippen molar-refractivity contribution in [2.75, 3.05) is 12.0 Å². The van der Waals surface area contributed by atoms with E-state index in [1.54, 1.807) is 30.6 Å². The fraction of sp³-hybridized carbons (Fsp3) is 0.240. The lowest BCUT2D eigenvalue weighted by Crippen LogP contribution is -2.41. The van der Waals surface area contributed by atoms with Gasteiger partial charge in [0, 0.05) is 24.4 Å². The molecule has 3 rings (SSSR count). The fourth-order valence-corrected chi connectivity index (χ4v) is 3.88. The molecule has 6 nitrogen and oxygen atoms in total. The van der Waals surface area contributed by atoms with Gasteiger partial charge in [-0.2, -0.15) is 11.8 Å². The Balaban J connectivity index is 1.92. The van der Waals surface area contributed by atoms with Crippen molar-refractivity contribution < 1.29 is 19.8 Å². The third-order valence-electron chi connectivity index (χ3n) is 5.12. The molecule has 3 N–H and O–H groups in total. The van der Waals surface area contributed by atoms with Gasteiger partial charge in [-0.3, -0.25) is 9.78 Å². The van der Waals surface area contributed by atoms with E-state index in [4.69, 9.17) is 0 Å². The van der Waals surface area contributed by atoms with Crippen LogP contribution in [0.1, 0.15) is 34.0 Å². The maximum absolute atomic E-state index is 13.0. The van der Waals surface area contributed by atoms with Crippen LogP contribution < -0.4 is 5.32 Å². The number of amides is 1. The smallest absolute Gasteiger partial charge is 0.326 e. The second-order valence-corrected chi connectivity index (χ2v) is 8.38. The number of carbonyl (C=O) groups is 2. The lowest BCUT2D eigenvalue weighted by molar-refractivity contribution is -0.139. The van der Waals surface area contributed by atoms with Gasteiger partial charge in [0.25, 0.3) is 5.91 Å². The lowest BCUT2D eigenvalue weighted by atomic mass is 9.93. The Morgan fingerprint density at radius 2 is 1.88 bits per heavy atom. The average molecular weight is 451 g/mol. The summed E-state index contributed by atoms with van der Waals surface area (Å²) in [6.07, 6.45) is 5.24. The number of thioether (sulfide) groups is 1. The first-order chi connectivity index (χ1) is 15.5. The largest absolute Gasteiger partial charge is 0.480 e. The number of pyridine rings is 1. The molecule has 1 heterocycles. The molecule has 0 saturated heterocycles. The second kappa shape index (κ2) is 11.5. The fourth-order valence-electron chi connectivity index (χ4n) is 3.41. The van der Waals surface area contributed by atoms with Gasteiger partial charge >= 0.3 is 5.97 Å². The SMILES string of the molecule is CSCCC(NC(=O)c1ccc(C(O)Cc2cccnc2)cc1-c1ccccc1)C(=O)O. The molecule has 166 valence electrons. The van der Waals surface area contributed by atoms with Gasteiger partial charge in [0.05, 0.1) is 6.10 Å². The Morgan fingerprint density at radius 3 is 2.53 bits per heavy atom. The molecular formula is C25H26N2O4S. The summed E-state index contributed by atoms with van der Waals surface area (Å²) < 4.78 is 0. The summed E-state index contributed by atoms with van der Waals surface area (Å²) in [4.78, 5) is 28.7. The summed E-state index contributed by atoms with van der Waals surface area (Å²) in [5, 5.41) is 22.9. The summed E-state index contributed by atoms with van der Waals surface area (Å²) in [5.74, 6) is -0.884. The van der Waals surface area contributed by atoms with Crippen molar-refractivity contribution >= 4 is 23.6 Å². The average Bonchev–Trinajstić information content (AvgIpc) is 2.82. The van der Waals surface area contributed by atoms with Gasteiger partial charge in [0.15, 0.2) is 0 Å². The molecule has 0 fully saturated rings. The van der Waals surface area contributed by atoms with Crippen LogP contribution in [0, 0.1) is 0 Å². The molecule has 0 aliphatic heterocycles. The van der Waals surface area contributed by atoms with Crippen molar-refractivity contribution in [1.82, 2.24) is 10.3 Å². The Bertz CT molecular complexity index is 1040. The van der Waals surface area contributed by atoms with Crippen molar-refractivity contribution in [3.05, 3.63) is 89.7 Å². The van der Waals surface area contributed by atoms with E-state index in [0.29, 0.717) is 35.3 Å². The number of nitrogens with one attached hydrogen (secondary N) is 1. The quantitative estimate of drug-likeness (QED) is 0.432. The van der Waals surface area contributed by atoms with Crippen LogP contribution in [0.15, 0.2) is 73.1 Å². The van der Waals surface area contributed by atoms with Crippen LogP contribution >= 0.6 is 11.8 Å². The summed E-state index contributed by atoms with van der Waals surface area (Å²) in [6, 6.07) is 17.3. The molecule has 1 amide bonds. The number of aliphatic hydroxyl groups excluding tert-OH is 1. The monoisotopic (exact) mass is 450 g/mol. The molecule has 1 aromatic heterocycles. The van der Waals surface area contributed by atoms with Crippen molar-refractivity contribution in [2.45, 2.75) is 25.0 Å². The normalized spacial score (nSPS) is 12.7. The zero-order valence-corrected chi connectivity index (χ0v) is 18.6. The van der Waals surface area contributed by atoms with Gasteiger partial charge in [0.2, 0.25) is 0 Å². The third-order valence-corrected chi connectivity index (χ3v) is 5.77. The molecule has 32 heavy (non-hydrogen) atoms. The summed E-state index contributed by atoms with van der Waals surface area (Å²) in [6.45, 7) is 0. The standard InChI is InChI=1S/C25H26N2O4S/c1-32-13-11-22(25(30)31)27-24(29)20-10-9-19(15-21(20)18-7-3-2-4-8-18)23(28)14-17-6-5-12-26-16-17/h2-10,12,15-16,22-23,28H,11,13-14H2,1H3,(H,27,29)(H,30,31). The van der Waals surface area contributed by atoms with Crippen molar-refractivity contribution in [3.63, 3.8) is 0 Å². The number of carboxylic acid groups (broad SMARTS) is 1. The zero-order chi connectivity index (χ0) is 22.9. The van der Waals surface area contributed by atoms with Gasteiger partial charge in [0.1, 0.15) is 6.04 Å². The zero-order valence-electron chi connectivity index (χ0n) is 17.8. The molecule has 0 spiro atoms. The minimum absolute atomic E-state index is 0.338. The molecular weight excluding hydrogens is 424 g/mol. The van der Waals surface area contributed by atoms with Gasteiger partial charge in [-0.25, -0.2) is 4.79 Å². The Kier molecular flexibility index (Phi) is 8.41. The van der Waals surface area contributed by atoms with Gasteiger partial charge < -0.3 is 15.5 Å². The Hall–Kier alpha value is -3.16. The second-order valence-electron chi connectivity index (χ2n) is 7.40. The van der Waals surface area contributed by atoms with Gasteiger partial charge in [-0.15, -0.1) is 0 Å². The van der Waals surface area contributed by atoms with Crippen LogP contribution in [-0.4, -0.2) is 45.1 Å². The van der Waals surface area contributed by atoms with Crippen LogP contribution in [0.25, 0.3) is 11.1 Å². The maximum atomic E-state index is 13.0. The van der Waals surface area contributed by atoms with E-state index >= 15 is 0 Å². The molecule has 0 saturated carbocycles. The number of rotatable bonds is 10. The highest BCUT2D eigenvalue weighted by molar-refractivity contribution is 7.98. The maximum Gasteiger partial charge on any atom is 0.326 e. The summed E-state index contributed by atoms with van der Waals surface area (Å²) in [7, 11) is 0. The van der Waals surface area contributed by atoms with Crippen LogP contribution in [0.3, 0.4) is 0 Å². The predicted octanol–water partition coefficient (Wildman–Crippen LogP) is 3.96. The summed E-state index contributed by atoms with van der Waals surface area (Å²) in [5.41, 5.74) is 3.38. The van der Waals surface area contributed by atoms with Crippen molar-refractivity contribution in [3.8, 4) is 11.1 Å². The highest BCUT2D eigenvalue weighted by atomic mass is 32.2. The molecule has 2 atom stereocenters. The molecule has 0 aliphatic carbocycles. The first-order valence-corrected chi connectivity index (χ1v) is 11.7. The lowest BCUT2D eigenvalue weighted by Gasteiger charge is -2.18. The number of nitrogens with zero attached hydrogens (tertiary/aromatic N) is 1. The Labute approximate surface area is 191 Å². The Morgan fingerprint density at radius 1 is 1.09 bits per heavy atom. The van der Waals surface area contributed by atoms with E-state index in [1.807, 2.05) is 48.7 Å². The highest BCUT2D eigenvalue weighted by Gasteiger charge is 2.23. The van der Waals surface area contributed by atoms with Crippen molar-refractivity contribution in [1.29, 1.82) is 0 Å². The molecule has 0 radical (unpaired) electrons.